The lowest BCUT2D eigenvalue weighted by Crippen LogP contribution is -2.27. The number of methoxy groups -OCH3 is 1. The lowest BCUT2D eigenvalue weighted by Gasteiger charge is -2.21. The lowest BCUT2D eigenvalue weighted by molar-refractivity contribution is 0.411. The van der Waals surface area contributed by atoms with E-state index < -0.39 is 10.0 Å². The molecule has 0 fully saturated rings. The molecule has 0 aliphatic heterocycles. The van der Waals surface area contributed by atoms with Crippen molar-refractivity contribution in [1.29, 1.82) is 0 Å². The summed E-state index contributed by atoms with van der Waals surface area (Å²) in [5, 5.41) is 0. The Balaban J connectivity index is 2.21. The van der Waals surface area contributed by atoms with Gasteiger partial charge in [0.25, 0.3) is 0 Å². The fourth-order valence-corrected chi connectivity index (χ4v) is 4.40. The van der Waals surface area contributed by atoms with Gasteiger partial charge in [-0.25, -0.2) is 13.1 Å². The Morgan fingerprint density at radius 3 is 2.16 bits per heavy atom. The van der Waals surface area contributed by atoms with Crippen LogP contribution in [0.4, 0.5) is 0 Å². The minimum Gasteiger partial charge on any atom is -0.496 e. The molecule has 0 amide bonds. The maximum Gasteiger partial charge on any atom is 0.241 e. The molecule has 0 aliphatic carbocycles. The molecule has 0 aliphatic rings. The molecule has 1 unspecified atom stereocenters. The van der Waals surface area contributed by atoms with Gasteiger partial charge in [-0.05, 0) is 57.6 Å². The maximum absolute atomic E-state index is 12.6. The molecular formula is C19H24BrNO3S. The van der Waals surface area contributed by atoms with E-state index in [0.717, 1.165) is 5.56 Å². The average Bonchev–Trinajstić information content (AvgIpc) is 2.53. The molecule has 4 nitrogen and oxygen atoms in total. The van der Waals surface area contributed by atoms with E-state index in [0.29, 0.717) is 10.2 Å². The molecule has 0 spiro atoms. The van der Waals surface area contributed by atoms with E-state index in [9.17, 15) is 8.42 Å². The van der Waals surface area contributed by atoms with Crippen LogP contribution >= 0.6 is 15.9 Å². The molecule has 0 saturated carbocycles. The minimum absolute atomic E-state index is 0.0661. The number of halogens is 1. The van der Waals surface area contributed by atoms with Gasteiger partial charge in [0.2, 0.25) is 10.0 Å². The molecule has 136 valence electrons. The van der Waals surface area contributed by atoms with Crippen LogP contribution in [0.5, 0.6) is 5.75 Å². The van der Waals surface area contributed by atoms with Gasteiger partial charge in [-0.2, -0.15) is 0 Å². The summed E-state index contributed by atoms with van der Waals surface area (Å²) in [6, 6.07) is 12.4. The van der Waals surface area contributed by atoms with Crippen LogP contribution in [0.2, 0.25) is 0 Å². The van der Waals surface area contributed by atoms with E-state index in [1.807, 2.05) is 31.2 Å². The number of sulfonamides is 1. The molecule has 2 rings (SSSR count). The third kappa shape index (κ3) is 4.84. The minimum atomic E-state index is -3.63. The van der Waals surface area contributed by atoms with E-state index in [1.165, 1.54) is 24.8 Å². The van der Waals surface area contributed by atoms with Gasteiger partial charge in [0.15, 0.2) is 0 Å². The third-order valence-electron chi connectivity index (χ3n) is 4.04. The Morgan fingerprint density at radius 1 is 1.08 bits per heavy atom. The Bertz CT molecular complexity index is 840. The van der Waals surface area contributed by atoms with Crippen LogP contribution in [0.1, 0.15) is 44.9 Å². The first kappa shape index (κ1) is 19.9. The molecule has 0 aromatic heterocycles. The van der Waals surface area contributed by atoms with Gasteiger partial charge in [-0.15, -0.1) is 0 Å². The van der Waals surface area contributed by atoms with Crippen LogP contribution in [0, 0.1) is 0 Å². The van der Waals surface area contributed by atoms with E-state index >= 15 is 0 Å². The van der Waals surface area contributed by atoms with Crippen LogP contribution in [0.15, 0.2) is 51.8 Å². The molecule has 25 heavy (non-hydrogen) atoms. The smallest absolute Gasteiger partial charge is 0.241 e. The van der Waals surface area contributed by atoms with Gasteiger partial charge in [0.1, 0.15) is 5.75 Å². The Hall–Kier alpha value is -1.37. The summed E-state index contributed by atoms with van der Waals surface area (Å²) in [4.78, 5) is 0.193. The number of nitrogens with one attached hydrogen (secondary N) is 1. The summed E-state index contributed by atoms with van der Waals surface area (Å²) < 4.78 is 33.7. The molecule has 0 bridgehead atoms. The Labute approximate surface area is 158 Å². The van der Waals surface area contributed by atoms with E-state index in [2.05, 4.69) is 41.4 Å². The average molecular weight is 426 g/mol. The second-order valence-electron chi connectivity index (χ2n) is 7.01. The van der Waals surface area contributed by atoms with E-state index in [1.54, 1.807) is 6.07 Å². The van der Waals surface area contributed by atoms with Crippen LogP contribution < -0.4 is 9.46 Å². The quantitative estimate of drug-likeness (QED) is 0.748. The number of ether oxygens (including phenoxy) is 1. The largest absolute Gasteiger partial charge is 0.496 e. The van der Waals surface area contributed by atoms with Gasteiger partial charge in [0, 0.05) is 6.04 Å². The molecule has 0 saturated heterocycles. The van der Waals surface area contributed by atoms with Crippen LogP contribution in [-0.4, -0.2) is 15.5 Å². The van der Waals surface area contributed by atoms with Gasteiger partial charge < -0.3 is 4.74 Å². The zero-order valence-electron chi connectivity index (χ0n) is 15.1. The highest BCUT2D eigenvalue weighted by atomic mass is 79.9. The van der Waals surface area contributed by atoms with Crippen molar-refractivity contribution in [1.82, 2.24) is 4.72 Å². The number of hydrogen-bond acceptors (Lipinski definition) is 3. The van der Waals surface area contributed by atoms with E-state index in [4.69, 9.17) is 4.74 Å². The molecule has 0 radical (unpaired) electrons. The topological polar surface area (TPSA) is 55.4 Å². The van der Waals surface area contributed by atoms with Gasteiger partial charge in [-0.1, -0.05) is 45.0 Å². The molecule has 1 atom stereocenters. The highest BCUT2D eigenvalue weighted by molar-refractivity contribution is 9.10. The summed E-state index contributed by atoms with van der Waals surface area (Å²) in [7, 11) is -2.09. The first-order chi connectivity index (χ1) is 11.5. The van der Waals surface area contributed by atoms with Crippen LogP contribution in [-0.2, 0) is 15.4 Å². The van der Waals surface area contributed by atoms with Crippen molar-refractivity contribution in [3.05, 3.63) is 58.1 Å². The number of rotatable bonds is 5. The standard InChI is InChI=1S/C19H24BrNO3S/c1-13(14-6-8-15(9-7-14)19(2,3)4)21-25(22,23)16-10-11-18(24-5)17(20)12-16/h6-13,21H,1-5H3. The lowest BCUT2D eigenvalue weighted by atomic mass is 9.86. The fourth-order valence-electron chi connectivity index (χ4n) is 2.45. The molecule has 6 heteroatoms. The van der Waals surface area contributed by atoms with Gasteiger partial charge in [-0.3, -0.25) is 0 Å². The number of benzene rings is 2. The summed E-state index contributed by atoms with van der Waals surface area (Å²) >= 11 is 3.32. The predicted molar refractivity (Wildman–Crippen MR) is 105 cm³/mol. The van der Waals surface area contributed by atoms with Crippen LogP contribution in [0.3, 0.4) is 0 Å². The summed E-state index contributed by atoms with van der Waals surface area (Å²) in [5.74, 6) is 0.588. The van der Waals surface area contributed by atoms with Crippen molar-refractivity contribution in [2.24, 2.45) is 0 Å². The van der Waals surface area contributed by atoms with Gasteiger partial charge >= 0.3 is 0 Å². The van der Waals surface area contributed by atoms with Crippen LogP contribution in [0.25, 0.3) is 0 Å². The third-order valence-corrected chi connectivity index (χ3v) is 6.20. The Kier molecular flexibility index (Phi) is 5.97. The van der Waals surface area contributed by atoms with Crippen molar-refractivity contribution in [2.45, 2.75) is 44.0 Å². The second-order valence-corrected chi connectivity index (χ2v) is 9.58. The normalized spacial score (nSPS) is 13.5. The summed E-state index contributed by atoms with van der Waals surface area (Å²) in [6.45, 7) is 8.28. The molecule has 0 heterocycles. The van der Waals surface area contributed by atoms with Crippen molar-refractivity contribution in [3.8, 4) is 5.75 Å². The van der Waals surface area contributed by atoms with Gasteiger partial charge in [0.05, 0.1) is 16.5 Å². The van der Waals surface area contributed by atoms with Crippen molar-refractivity contribution in [3.63, 3.8) is 0 Å². The highest BCUT2D eigenvalue weighted by Crippen LogP contribution is 2.28. The predicted octanol–water partition coefficient (Wildman–Crippen LogP) is 4.79. The number of hydrogen-bond donors (Lipinski definition) is 1. The Morgan fingerprint density at radius 2 is 1.68 bits per heavy atom. The van der Waals surface area contributed by atoms with Crippen molar-refractivity contribution in [2.75, 3.05) is 7.11 Å². The highest BCUT2D eigenvalue weighted by Gasteiger charge is 2.20. The molecule has 2 aromatic carbocycles. The zero-order valence-corrected chi connectivity index (χ0v) is 17.5. The zero-order chi connectivity index (χ0) is 18.8. The van der Waals surface area contributed by atoms with E-state index in [-0.39, 0.29) is 16.4 Å². The monoisotopic (exact) mass is 425 g/mol. The summed E-state index contributed by atoms with van der Waals surface area (Å²) in [5.41, 5.74) is 2.20. The molecular weight excluding hydrogens is 402 g/mol. The first-order valence-electron chi connectivity index (χ1n) is 8.01. The summed E-state index contributed by atoms with van der Waals surface area (Å²) in [6.07, 6.45) is 0. The maximum atomic E-state index is 12.6. The van der Waals surface area contributed by atoms with Crippen molar-refractivity contribution >= 4 is 26.0 Å². The fraction of sp³-hybridized carbons (Fsp3) is 0.368. The molecule has 2 aromatic rings. The molecule has 1 N–H and O–H groups in total. The SMILES string of the molecule is COc1ccc(S(=O)(=O)NC(C)c2ccc(C(C)(C)C)cc2)cc1Br. The second kappa shape index (κ2) is 7.48. The van der Waals surface area contributed by atoms with Crippen molar-refractivity contribution < 1.29 is 13.2 Å². The first-order valence-corrected chi connectivity index (χ1v) is 10.3.